The number of hydrogen-bond donors (Lipinski definition) is 2. The summed E-state index contributed by atoms with van der Waals surface area (Å²) < 4.78 is 1.69. The molecule has 1 fully saturated rings. The van der Waals surface area contributed by atoms with Gasteiger partial charge in [0.05, 0.1) is 23.8 Å². The van der Waals surface area contributed by atoms with Gasteiger partial charge in [-0.25, -0.2) is 9.67 Å². The number of nitrogens with zero attached hydrogens (tertiary/aromatic N) is 5. The van der Waals surface area contributed by atoms with Gasteiger partial charge in [-0.3, -0.25) is 9.78 Å². The number of amides is 1. The predicted octanol–water partition coefficient (Wildman–Crippen LogP) is 3.05. The van der Waals surface area contributed by atoms with E-state index < -0.39 is 0 Å². The summed E-state index contributed by atoms with van der Waals surface area (Å²) in [6.07, 6.45) is 7.14. The standard InChI is InChI=1S/C22H21N7OS/c30-21(26-18-13-24-7-6-20(18)28-10-8-23-9-11-28)19-15-31-22(27-19)29-14-17(12-25-29)16-4-2-1-3-5-16/h1-7,12-15,23H,8-11H2,(H,26,30). The summed E-state index contributed by atoms with van der Waals surface area (Å²) in [7, 11) is 0. The molecule has 0 unspecified atom stereocenters. The van der Waals surface area contributed by atoms with Crippen LogP contribution in [-0.2, 0) is 0 Å². The third kappa shape index (κ3) is 4.18. The molecular formula is C22H21N7OS. The minimum absolute atomic E-state index is 0.262. The van der Waals surface area contributed by atoms with E-state index in [-0.39, 0.29) is 5.91 Å². The highest BCUT2D eigenvalue weighted by molar-refractivity contribution is 7.12. The second kappa shape index (κ2) is 8.66. The molecule has 0 radical (unpaired) electrons. The minimum atomic E-state index is -0.262. The fraction of sp³-hybridized carbons (Fsp3) is 0.182. The molecule has 0 bridgehead atoms. The van der Waals surface area contributed by atoms with Gasteiger partial charge in [0, 0.05) is 49.5 Å². The molecule has 4 heterocycles. The third-order valence-corrected chi connectivity index (χ3v) is 5.94. The molecule has 1 saturated heterocycles. The Kier molecular flexibility index (Phi) is 5.42. The summed E-state index contributed by atoms with van der Waals surface area (Å²) in [5.74, 6) is -0.262. The fourth-order valence-electron chi connectivity index (χ4n) is 3.53. The van der Waals surface area contributed by atoms with E-state index in [0.29, 0.717) is 16.5 Å². The molecule has 3 aromatic heterocycles. The quantitative estimate of drug-likeness (QED) is 0.505. The van der Waals surface area contributed by atoms with Crippen molar-refractivity contribution in [3.8, 4) is 16.3 Å². The molecule has 0 spiro atoms. The highest BCUT2D eigenvalue weighted by Crippen LogP contribution is 2.26. The van der Waals surface area contributed by atoms with E-state index in [9.17, 15) is 4.79 Å². The van der Waals surface area contributed by atoms with Crippen molar-refractivity contribution in [3.05, 3.63) is 72.3 Å². The zero-order valence-electron chi connectivity index (χ0n) is 16.7. The number of pyridine rings is 1. The molecule has 1 aliphatic rings. The number of rotatable bonds is 5. The average Bonchev–Trinajstić information content (AvgIpc) is 3.51. The van der Waals surface area contributed by atoms with Crippen LogP contribution in [0.25, 0.3) is 16.3 Å². The van der Waals surface area contributed by atoms with Crippen LogP contribution in [0, 0.1) is 0 Å². The molecule has 4 aromatic rings. The van der Waals surface area contributed by atoms with Crippen LogP contribution in [0.5, 0.6) is 0 Å². The Balaban J connectivity index is 1.33. The summed E-state index contributed by atoms with van der Waals surface area (Å²) in [4.78, 5) is 23.8. The number of nitrogens with one attached hydrogen (secondary N) is 2. The lowest BCUT2D eigenvalue weighted by molar-refractivity contribution is 0.102. The topological polar surface area (TPSA) is 88.0 Å². The molecule has 156 valence electrons. The van der Waals surface area contributed by atoms with E-state index in [1.54, 1.807) is 28.7 Å². The van der Waals surface area contributed by atoms with Crippen molar-refractivity contribution in [1.82, 2.24) is 25.1 Å². The number of thiazole rings is 1. The first-order chi connectivity index (χ1) is 15.3. The van der Waals surface area contributed by atoms with E-state index >= 15 is 0 Å². The van der Waals surface area contributed by atoms with Gasteiger partial charge in [0.25, 0.3) is 5.91 Å². The fourth-order valence-corrected chi connectivity index (χ4v) is 4.27. The molecule has 0 saturated carbocycles. The number of hydrogen-bond acceptors (Lipinski definition) is 7. The SMILES string of the molecule is O=C(Nc1cnccc1N1CCNCC1)c1csc(-n2cc(-c3ccccc3)cn2)n1. The van der Waals surface area contributed by atoms with Crippen LogP contribution in [0.1, 0.15) is 10.5 Å². The second-order valence-corrected chi connectivity index (χ2v) is 7.98. The number of benzene rings is 1. The Morgan fingerprint density at radius 1 is 1.06 bits per heavy atom. The molecule has 1 aromatic carbocycles. The van der Waals surface area contributed by atoms with Crippen molar-refractivity contribution in [1.29, 1.82) is 0 Å². The average molecular weight is 432 g/mol. The number of carbonyl (C=O) groups is 1. The first kappa shape index (κ1) is 19.4. The van der Waals surface area contributed by atoms with Crippen LogP contribution < -0.4 is 15.5 Å². The van der Waals surface area contributed by atoms with Crippen molar-refractivity contribution in [3.63, 3.8) is 0 Å². The Morgan fingerprint density at radius 2 is 1.90 bits per heavy atom. The van der Waals surface area contributed by atoms with Crippen molar-refractivity contribution in [2.75, 3.05) is 36.4 Å². The van der Waals surface area contributed by atoms with Gasteiger partial charge in [-0.15, -0.1) is 11.3 Å². The highest BCUT2D eigenvalue weighted by atomic mass is 32.1. The summed E-state index contributed by atoms with van der Waals surface area (Å²) >= 11 is 1.38. The first-order valence-electron chi connectivity index (χ1n) is 10.0. The molecule has 31 heavy (non-hydrogen) atoms. The highest BCUT2D eigenvalue weighted by Gasteiger charge is 2.18. The lowest BCUT2D eigenvalue weighted by atomic mass is 10.1. The number of anilines is 2. The van der Waals surface area contributed by atoms with E-state index in [0.717, 1.165) is 43.0 Å². The first-order valence-corrected chi connectivity index (χ1v) is 10.9. The Bertz CT molecular complexity index is 1180. The number of piperazine rings is 1. The molecule has 0 atom stereocenters. The van der Waals surface area contributed by atoms with Crippen LogP contribution in [-0.4, -0.2) is 51.8 Å². The second-order valence-electron chi connectivity index (χ2n) is 7.14. The summed E-state index contributed by atoms with van der Waals surface area (Å²) in [6, 6.07) is 12.0. The molecule has 5 rings (SSSR count). The van der Waals surface area contributed by atoms with Gasteiger partial charge in [0.2, 0.25) is 5.13 Å². The van der Waals surface area contributed by atoms with E-state index in [1.165, 1.54) is 11.3 Å². The van der Waals surface area contributed by atoms with Crippen LogP contribution >= 0.6 is 11.3 Å². The monoisotopic (exact) mass is 431 g/mol. The molecular weight excluding hydrogens is 410 g/mol. The largest absolute Gasteiger partial charge is 0.367 e. The molecule has 8 nitrogen and oxygen atoms in total. The van der Waals surface area contributed by atoms with Crippen molar-refractivity contribution in [2.24, 2.45) is 0 Å². The zero-order valence-corrected chi connectivity index (χ0v) is 17.5. The summed E-state index contributed by atoms with van der Waals surface area (Å²) in [5, 5.41) is 13.1. The Hall–Kier alpha value is -3.56. The van der Waals surface area contributed by atoms with Gasteiger partial charge in [0.15, 0.2) is 0 Å². The molecule has 2 N–H and O–H groups in total. The predicted molar refractivity (Wildman–Crippen MR) is 122 cm³/mol. The van der Waals surface area contributed by atoms with Crippen LogP contribution in [0.15, 0.2) is 66.6 Å². The zero-order chi connectivity index (χ0) is 21.0. The Morgan fingerprint density at radius 3 is 2.74 bits per heavy atom. The van der Waals surface area contributed by atoms with Crippen molar-refractivity contribution >= 4 is 28.6 Å². The van der Waals surface area contributed by atoms with E-state index in [4.69, 9.17) is 0 Å². The van der Waals surface area contributed by atoms with Crippen molar-refractivity contribution in [2.45, 2.75) is 0 Å². The lowest BCUT2D eigenvalue weighted by Gasteiger charge is -2.30. The minimum Gasteiger partial charge on any atom is -0.367 e. The van der Waals surface area contributed by atoms with Crippen molar-refractivity contribution < 1.29 is 4.79 Å². The van der Waals surface area contributed by atoms with Gasteiger partial charge in [-0.2, -0.15) is 5.10 Å². The Labute approximate surface area is 183 Å². The van der Waals surface area contributed by atoms with E-state index in [2.05, 4.69) is 30.6 Å². The van der Waals surface area contributed by atoms with E-state index in [1.807, 2.05) is 42.6 Å². The molecule has 1 amide bonds. The van der Waals surface area contributed by atoms with Crippen LogP contribution in [0.2, 0.25) is 0 Å². The smallest absolute Gasteiger partial charge is 0.275 e. The normalized spacial score (nSPS) is 13.9. The van der Waals surface area contributed by atoms with Gasteiger partial charge in [-0.1, -0.05) is 30.3 Å². The maximum Gasteiger partial charge on any atom is 0.275 e. The van der Waals surface area contributed by atoms with Gasteiger partial charge < -0.3 is 15.5 Å². The summed E-state index contributed by atoms with van der Waals surface area (Å²) in [5.41, 5.74) is 4.10. The van der Waals surface area contributed by atoms with Gasteiger partial charge >= 0.3 is 0 Å². The van der Waals surface area contributed by atoms with Crippen LogP contribution in [0.4, 0.5) is 11.4 Å². The van der Waals surface area contributed by atoms with Crippen LogP contribution in [0.3, 0.4) is 0 Å². The molecule has 9 heteroatoms. The maximum absolute atomic E-state index is 12.9. The van der Waals surface area contributed by atoms with Gasteiger partial charge in [0.1, 0.15) is 5.69 Å². The molecule has 1 aliphatic heterocycles. The maximum atomic E-state index is 12.9. The number of aromatic nitrogens is 4. The summed E-state index contributed by atoms with van der Waals surface area (Å²) in [6.45, 7) is 3.60. The number of carbonyl (C=O) groups excluding carboxylic acids is 1. The third-order valence-electron chi connectivity index (χ3n) is 5.11. The lowest BCUT2D eigenvalue weighted by Crippen LogP contribution is -2.43. The van der Waals surface area contributed by atoms with Gasteiger partial charge in [-0.05, 0) is 11.6 Å². The molecule has 0 aliphatic carbocycles.